The lowest BCUT2D eigenvalue weighted by atomic mass is 10.1. The molecule has 0 radical (unpaired) electrons. The number of aliphatic hydroxyl groups is 1. The molecule has 3 rings (SSSR count). The molecule has 0 aliphatic carbocycles. The van der Waals surface area contributed by atoms with Gasteiger partial charge in [0.1, 0.15) is 11.9 Å². The first-order chi connectivity index (χ1) is 14.8. The highest BCUT2D eigenvalue weighted by Crippen LogP contribution is 2.32. The molecule has 0 spiro atoms. The number of β-amino-alcohol motifs (C(OH)–C–C–N with tert-alkyl or cyclic N) is 1. The van der Waals surface area contributed by atoms with Crippen LogP contribution in [0, 0.1) is 10.1 Å². The summed E-state index contributed by atoms with van der Waals surface area (Å²) < 4.78 is 38.6. The van der Waals surface area contributed by atoms with Crippen LogP contribution >= 0.6 is 0 Å². The van der Waals surface area contributed by atoms with Crippen molar-refractivity contribution in [3.05, 3.63) is 76.9 Å². The fraction of sp³-hybridized carbons (Fsp3) is 0.333. The molecule has 0 unspecified atom stereocenters. The Morgan fingerprint density at radius 2 is 1.87 bits per heavy atom. The Kier molecular flexibility index (Phi) is 7.06. The minimum Gasteiger partial charge on any atom is -0.497 e. The first-order valence-electron chi connectivity index (χ1n) is 9.57. The number of nitro benzene ring substituents is 1. The van der Waals surface area contributed by atoms with Gasteiger partial charge in [0.05, 0.1) is 35.7 Å². The minimum absolute atomic E-state index is 0.0878. The second-order valence-corrected chi connectivity index (χ2v) is 9.00. The van der Waals surface area contributed by atoms with E-state index >= 15 is 0 Å². The Labute approximate surface area is 180 Å². The number of sulfonamides is 1. The summed E-state index contributed by atoms with van der Waals surface area (Å²) >= 11 is 0. The number of aliphatic hydroxyl groups excluding tert-OH is 1. The van der Waals surface area contributed by atoms with Crippen molar-refractivity contribution in [2.75, 3.05) is 13.7 Å². The molecule has 1 N–H and O–H groups in total. The van der Waals surface area contributed by atoms with Crippen LogP contribution in [0.25, 0.3) is 0 Å². The number of nitro groups is 1. The van der Waals surface area contributed by atoms with Crippen molar-refractivity contribution in [3.63, 3.8) is 0 Å². The summed E-state index contributed by atoms with van der Waals surface area (Å²) in [6.07, 6.45) is 0.0606. The standard InChI is InChI=1S/C21H24N2O7S/c1-3-4-19-21(30-14-15-5-9-17(29-2)10-6-15)20(24)13-22(19)31(27,28)18-11-7-16(8-12-18)23(25)26/h3,5-12,19-21,24H,1,4,13-14H2,2H3/t19-,20-,21-/m1/s1. The van der Waals surface area contributed by atoms with Gasteiger partial charge >= 0.3 is 0 Å². The second-order valence-electron chi connectivity index (χ2n) is 7.11. The van der Waals surface area contributed by atoms with Crippen molar-refractivity contribution in [3.8, 4) is 5.75 Å². The van der Waals surface area contributed by atoms with Crippen molar-refractivity contribution in [1.29, 1.82) is 0 Å². The number of hydrogen-bond acceptors (Lipinski definition) is 7. The molecule has 0 amide bonds. The van der Waals surface area contributed by atoms with Gasteiger partial charge in [0.15, 0.2) is 0 Å². The van der Waals surface area contributed by atoms with Crippen molar-refractivity contribution < 1.29 is 27.9 Å². The predicted octanol–water partition coefficient (Wildman–Crippen LogP) is 2.50. The van der Waals surface area contributed by atoms with Crippen molar-refractivity contribution in [2.24, 2.45) is 0 Å². The summed E-state index contributed by atoms with van der Waals surface area (Å²) in [4.78, 5) is 10.2. The van der Waals surface area contributed by atoms with Gasteiger partial charge in [-0.15, -0.1) is 6.58 Å². The predicted molar refractivity (Wildman–Crippen MR) is 113 cm³/mol. The fourth-order valence-electron chi connectivity index (χ4n) is 3.55. The molecule has 10 heteroatoms. The van der Waals surface area contributed by atoms with Crippen molar-refractivity contribution in [1.82, 2.24) is 4.31 Å². The van der Waals surface area contributed by atoms with Crippen LogP contribution in [0.3, 0.4) is 0 Å². The van der Waals surface area contributed by atoms with Gasteiger partial charge in [-0.05, 0) is 36.2 Å². The Bertz CT molecular complexity index is 1020. The molecule has 0 bridgehead atoms. The lowest BCUT2D eigenvalue weighted by Crippen LogP contribution is -2.40. The summed E-state index contributed by atoms with van der Waals surface area (Å²) in [7, 11) is -2.43. The van der Waals surface area contributed by atoms with Gasteiger partial charge in [0, 0.05) is 18.7 Å². The summed E-state index contributed by atoms with van der Waals surface area (Å²) in [5.74, 6) is 0.703. The maximum atomic E-state index is 13.2. The molecular formula is C21H24N2O7S. The van der Waals surface area contributed by atoms with Gasteiger partial charge in [0.2, 0.25) is 10.0 Å². The zero-order valence-corrected chi connectivity index (χ0v) is 17.8. The van der Waals surface area contributed by atoms with Gasteiger partial charge in [0.25, 0.3) is 5.69 Å². The van der Waals surface area contributed by atoms with Gasteiger partial charge in [-0.25, -0.2) is 8.42 Å². The first-order valence-corrected chi connectivity index (χ1v) is 11.0. The highest BCUT2D eigenvalue weighted by Gasteiger charge is 2.47. The zero-order valence-electron chi connectivity index (χ0n) is 17.0. The smallest absolute Gasteiger partial charge is 0.269 e. The summed E-state index contributed by atoms with van der Waals surface area (Å²) in [5, 5.41) is 21.4. The third-order valence-corrected chi connectivity index (χ3v) is 7.06. The molecule has 1 aliphatic rings. The average Bonchev–Trinajstić information content (AvgIpc) is 3.09. The Morgan fingerprint density at radius 3 is 2.42 bits per heavy atom. The van der Waals surface area contributed by atoms with Gasteiger partial charge in [-0.2, -0.15) is 4.31 Å². The van der Waals surface area contributed by atoms with Gasteiger partial charge in [-0.1, -0.05) is 18.2 Å². The molecule has 1 saturated heterocycles. The molecule has 0 saturated carbocycles. The van der Waals surface area contributed by atoms with Crippen LogP contribution in [0.4, 0.5) is 5.69 Å². The largest absolute Gasteiger partial charge is 0.497 e. The lowest BCUT2D eigenvalue weighted by Gasteiger charge is -2.26. The van der Waals surface area contributed by atoms with E-state index in [1.807, 2.05) is 12.1 Å². The monoisotopic (exact) mass is 448 g/mol. The van der Waals surface area contributed by atoms with E-state index in [0.717, 1.165) is 17.7 Å². The third kappa shape index (κ3) is 4.93. The number of nitrogens with zero attached hydrogens (tertiary/aromatic N) is 2. The van der Waals surface area contributed by atoms with E-state index in [9.17, 15) is 23.6 Å². The SMILES string of the molecule is C=CC[C@@H]1[C@@H](OCc2ccc(OC)cc2)[C@H](O)CN1S(=O)(=O)c1ccc([N+](=O)[O-])cc1. The van der Waals surface area contributed by atoms with E-state index in [0.29, 0.717) is 5.75 Å². The molecule has 2 aromatic carbocycles. The van der Waals surface area contributed by atoms with Crippen LogP contribution in [0.5, 0.6) is 5.75 Å². The molecule has 166 valence electrons. The van der Waals surface area contributed by atoms with Crippen LogP contribution in [-0.2, 0) is 21.4 Å². The molecule has 1 aliphatic heterocycles. The second kappa shape index (κ2) is 9.56. The molecule has 1 heterocycles. The number of ether oxygens (including phenoxy) is 2. The van der Waals surface area contributed by atoms with Crippen LogP contribution < -0.4 is 4.74 Å². The Balaban J connectivity index is 1.80. The van der Waals surface area contributed by atoms with Crippen LogP contribution in [-0.4, -0.2) is 54.7 Å². The van der Waals surface area contributed by atoms with E-state index in [1.165, 1.54) is 16.4 Å². The summed E-state index contributed by atoms with van der Waals surface area (Å²) in [6.45, 7) is 3.73. The van der Waals surface area contributed by atoms with E-state index < -0.39 is 33.2 Å². The lowest BCUT2D eigenvalue weighted by molar-refractivity contribution is -0.384. The number of rotatable bonds is 9. The molecule has 9 nitrogen and oxygen atoms in total. The third-order valence-electron chi connectivity index (χ3n) is 5.16. The van der Waals surface area contributed by atoms with E-state index in [4.69, 9.17) is 9.47 Å². The average molecular weight is 448 g/mol. The fourth-order valence-corrected chi connectivity index (χ4v) is 5.22. The number of benzene rings is 2. The highest BCUT2D eigenvalue weighted by atomic mass is 32.2. The quantitative estimate of drug-likeness (QED) is 0.356. The van der Waals surface area contributed by atoms with Gasteiger partial charge in [-0.3, -0.25) is 10.1 Å². The van der Waals surface area contributed by atoms with Crippen LogP contribution in [0.1, 0.15) is 12.0 Å². The maximum absolute atomic E-state index is 13.2. The molecule has 31 heavy (non-hydrogen) atoms. The molecular weight excluding hydrogens is 424 g/mol. The van der Waals surface area contributed by atoms with Crippen LogP contribution in [0.15, 0.2) is 66.1 Å². The van der Waals surface area contributed by atoms with Crippen molar-refractivity contribution >= 4 is 15.7 Å². The topological polar surface area (TPSA) is 119 Å². The molecule has 1 fully saturated rings. The number of methoxy groups -OCH3 is 1. The number of hydrogen-bond donors (Lipinski definition) is 1. The Morgan fingerprint density at radius 1 is 1.23 bits per heavy atom. The van der Waals surface area contributed by atoms with Crippen molar-refractivity contribution in [2.45, 2.75) is 36.2 Å². The van der Waals surface area contributed by atoms with E-state index in [1.54, 1.807) is 25.3 Å². The molecule has 2 aromatic rings. The maximum Gasteiger partial charge on any atom is 0.269 e. The summed E-state index contributed by atoms with van der Waals surface area (Å²) in [6, 6.07) is 11.2. The number of non-ortho nitro benzene ring substituents is 1. The van der Waals surface area contributed by atoms with Crippen LogP contribution in [0.2, 0.25) is 0 Å². The highest BCUT2D eigenvalue weighted by molar-refractivity contribution is 7.89. The summed E-state index contributed by atoms with van der Waals surface area (Å²) in [5.41, 5.74) is 0.644. The van der Waals surface area contributed by atoms with E-state index in [-0.39, 0.29) is 30.2 Å². The van der Waals surface area contributed by atoms with E-state index in [2.05, 4.69) is 6.58 Å². The zero-order chi connectivity index (χ0) is 22.6. The normalized spacial score (nSPS) is 21.7. The Hall–Kier alpha value is -2.79. The first kappa shape index (κ1) is 22.9. The van der Waals surface area contributed by atoms with Gasteiger partial charge < -0.3 is 14.6 Å². The minimum atomic E-state index is -4.00. The molecule has 0 aromatic heterocycles. The molecule has 3 atom stereocenters.